The fraction of sp³-hybridized carbons (Fsp3) is 0.929. The Labute approximate surface area is 117 Å². The lowest BCUT2D eigenvalue weighted by Crippen LogP contribution is -2.34. The molecule has 0 saturated heterocycles. The van der Waals surface area contributed by atoms with Crippen LogP contribution in [0.3, 0.4) is 0 Å². The number of hydrogen-bond acceptors (Lipinski definition) is 4. The largest absolute Gasteiger partial charge is 0.383 e. The van der Waals surface area contributed by atoms with E-state index in [-0.39, 0.29) is 5.91 Å². The smallest absolute Gasteiger partial charge is 0.220 e. The molecule has 0 aromatic carbocycles. The molecule has 0 heterocycles. The second-order valence-corrected chi connectivity index (χ2v) is 5.04. The SMILES string of the molecule is CCC(CCN)CCC(=O)NCCN(C)CCOC. The van der Waals surface area contributed by atoms with Gasteiger partial charge in [0, 0.05) is 33.2 Å². The molecule has 0 fully saturated rings. The molecule has 0 rings (SSSR count). The van der Waals surface area contributed by atoms with Crippen molar-refractivity contribution < 1.29 is 9.53 Å². The van der Waals surface area contributed by atoms with Gasteiger partial charge < -0.3 is 20.7 Å². The Morgan fingerprint density at radius 1 is 1.37 bits per heavy atom. The van der Waals surface area contributed by atoms with Gasteiger partial charge >= 0.3 is 0 Å². The van der Waals surface area contributed by atoms with Gasteiger partial charge in [-0.05, 0) is 32.4 Å². The van der Waals surface area contributed by atoms with Crippen molar-refractivity contribution >= 4 is 5.91 Å². The molecule has 0 aromatic rings. The summed E-state index contributed by atoms with van der Waals surface area (Å²) < 4.78 is 5.00. The van der Waals surface area contributed by atoms with Crippen molar-refractivity contribution in [2.24, 2.45) is 11.7 Å². The van der Waals surface area contributed by atoms with E-state index in [1.807, 2.05) is 7.05 Å². The van der Waals surface area contributed by atoms with E-state index in [1.54, 1.807) is 7.11 Å². The fourth-order valence-corrected chi connectivity index (χ4v) is 1.96. The minimum absolute atomic E-state index is 0.149. The van der Waals surface area contributed by atoms with Crippen LogP contribution in [0.15, 0.2) is 0 Å². The molecule has 3 N–H and O–H groups in total. The zero-order chi connectivity index (χ0) is 14.5. The second-order valence-electron chi connectivity index (χ2n) is 5.04. The summed E-state index contributed by atoms with van der Waals surface area (Å²) in [5.41, 5.74) is 5.55. The third kappa shape index (κ3) is 10.9. The van der Waals surface area contributed by atoms with Crippen LogP contribution >= 0.6 is 0 Å². The first-order valence-corrected chi connectivity index (χ1v) is 7.28. The van der Waals surface area contributed by atoms with Gasteiger partial charge in [0.1, 0.15) is 0 Å². The number of hydrogen-bond donors (Lipinski definition) is 2. The van der Waals surface area contributed by atoms with Gasteiger partial charge in [0.25, 0.3) is 0 Å². The number of ether oxygens (including phenoxy) is 1. The van der Waals surface area contributed by atoms with E-state index in [9.17, 15) is 4.79 Å². The van der Waals surface area contributed by atoms with Gasteiger partial charge in [0.05, 0.1) is 6.61 Å². The number of carbonyl (C=O) groups is 1. The van der Waals surface area contributed by atoms with E-state index in [0.29, 0.717) is 25.4 Å². The van der Waals surface area contributed by atoms with Crippen molar-refractivity contribution in [3.8, 4) is 0 Å². The number of amides is 1. The Morgan fingerprint density at radius 2 is 2.11 bits per heavy atom. The predicted molar refractivity (Wildman–Crippen MR) is 79.1 cm³/mol. The van der Waals surface area contributed by atoms with Crippen LogP contribution in [0.2, 0.25) is 0 Å². The third-order valence-electron chi connectivity index (χ3n) is 3.42. The van der Waals surface area contributed by atoms with Crippen molar-refractivity contribution in [3.05, 3.63) is 0 Å². The van der Waals surface area contributed by atoms with E-state index in [1.165, 1.54) is 0 Å². The number of methoxy groups -OCH3 is 1. The number of rotatable bonds is 12. The Bertz CT molecular complexity index is 225. The lowest BCUT2D eigenvalue weighted by molar-refractivity contribution is -0.121. The first-order chi connectivity index (χ1) is 9.13. The van der Waals surface area contributed by atoms with Crippen molar-refractivity contribution in [2.75, 3.05) is 46.9 Å². The van der Waals surface area contributed by atoms with E-state index in [2.05, 4.69) is 17.1 Å². The monoisotopic (exact) mass is 273 g/mol. The van der Waals surface area contributed by atoms with Crippen molar-refractivity contribution in [1.82, 2.24) is 10.2 Å². The fourth-order valence-electron chi connectivity index (χ4n) is 1.96. The molecule has 0 aliphatic heterocycles. The molecule has 1 amide bonds. The lowest BCUT2D eigenvalue weighted by Gasteiger charge is -2.17. The first kappa shape index (κ1) is 18.4. The molecule has 0 aromatic heterocycles. The highest BCUT2D eigenvalue weighted by Crippen LogP contribution is 2.14. The first-order valence-electron chi connectivity index (χ1n) is 7.28. The number of carbonyl (C=O) groups excluding carboxylic acids is 1. The molecule has 0 aliphatic carbocycles. The summed E-state index contributed by atoms with van der Waals surface area (Å²) in [6.45, 7) is 6.04. The van der Waals surface area contributed by atoms with Crippen LogP contribution in [0.5, 0.6) is 0 Å². The molecule has 0 bridgehead atoms. The molecule has 0 aliphatic rings. The summed E-state index contributed by atoms with van der Waals surface area (Å²) in [5, 5.41) is 2.96. The van der Waals surface area contributed by atoms with Gasteiger partial charge in [-0.1, -0.05) is 13.3 Å². The summed E-state index contributed by atoms with van der Waals surface area (Å²) in [4.78, 5) is 13.8. The Kier molecular flexibility index (Phi) is 12.0. The summed E-state index contributed by atoms with van der Waals surface area (Å²) in [5.74, 6) is 0.732. The maximum atomic E-state index is 11.7. The number of likely N-dealkylation sites (N-methyl/N-ethyl adjacent to an activating group) is 1. The van der Waals surface area contributed by atoms with Crippen LogP contribution in [0.25, 0.3) is 0 Å². The van der Waals surface area contributed by atoms with Gasteiger partial charge in [0.15, 0.2) is 0 Å². The van der Waals surface area contributed by atoms with Crippen LogP contribution in [0, 0.1) is 5.92 Å². The lowest BCUT2D eigenvalue weighted by atomic mass is 9.96. The maximum absolute atomic E-state index is 11.7. The summed E-state index contributed by atoms with van der Waals surface area (Å²) >= 11 is 0. The molecule has 1 atom stereocenters. The number of nitrogens with two attached hydrogens (primary N) is 1. The van der Waals surface area contributed by atoms with Crippen molar-refractivity contribution in [3.63, 3.8) is 0 Å². The van der Waals surface area contributed by atoms with Gasteiger partial charge in [-0.3, -0.25) is 4.79 Å². The molecule has 0 saturated carbocycles. The zero-order valence-electron chi connectivity index (χ0n) is 12.8. The van der Waals surface area contributed by atoms with E-state index in [4.69, 9.17) is 10.5 Å². The molecule has 1 unspecified atom stereocenters. The molecule has 114 valence electrons. The summed E-state index contributed by atoms with van der Waals surface area (Å²) in [6, 6.07) is 0. The van der Waals surface area contributed by atoms with E-state index >= 15 is 0 Å². The third-order valence-corrected chi connectivity index (χ3v) is 3.42. The molecule has 19 heavy (non-hydrogen) atoms. The van der Waals surface area contributed by atoms with Crippen LogP contribution in [-0.2, 0) is 9.53 Å². The molecule has 0 spiro atoms. The van der Waals surface area contributed by atoms with Gasteiger partial charge in [0.2, 0.25) is 5.91 Å². The minimum Gasteiger partial charge on any atom is -0.383 e. The zero-order valence-corrected chi connectivity index (χ0v) is 12.8. The number of nitrogens with one attached hydrogen (secondary N) is 1. The van der Waals surface area contributed by atoms with Crippen molar-refractivity contribution in [1.29, 1.82) is 0 Å². The maximum Gasteiger partial charge on any atom is 0.220 e. The average Bonchev–Trinajstić information content (AvgIpc) is 2.41. The van der Waals surface area contributed by atoms with Crippen LogP contribution in [0.4, 0.5) is 0 Å². The predicted octanol–water partition coefficient (Wildman–Crippen LogP) is 0.836. The van der Waals surface area contributed by atoms with Crippen molar-refractivity contribution in [2.45, 2.75) is 32.6 Å². The van der Waals surface area contributed by atoms with E-state index < -0.39 is 0 Å². The van der Waals surface area contributed by atoms with Gasteiger partial charge in [-0.2, -0.15) is 0 Å². The Hall–Kier alpha value is -0.650. The highest BCUT2D eigenvalue weighted by molar-refractivity contribution is 5.75. The summed E-state index contributed by atoms with van der Waals surface area (Å²) in [7, 11) is 3.72. The van der Waals surface area contributed by atoms with Gasteiger partial charge in [-0.25, -0.2) is 0 Å². The highest BCUT2D eigenvalue weighted by atomic mass is 16.5. The topological polar surface area (TPSA) is 67.6 Å². The van der Waals surface area contributed by atoms with Crippen LogP contribution in [-0.4, -0.2) is 57.8 Å². The van der Waals surface area contributed by atoms with Gasteiger partial charge in [-0.15, -0.1) is 0 Å². The molecule has 0 radical (unpaired) electrons. The minimum atomic E-state index is 0.149. The molecule has 5 nitrogen and oxygen atoms in total. The molecule has 5 heteroatoms. The highest BCUT2D eigenvalue weighted by Gasteiger charge is 2.08. The van der Waals surface area contributed by atoms with Crippen LogP contribution in [0.1, 0.15) is 32.6 Å². The number of nitrogens with zero attached hydrogens (tertiary/aromatic N) is 1. The van der Waals surface area contributed by atoms with E-state index in [0.717, 1.165) is 39.0 Å². The normalized spacial score (nSPS) is 12.7. The average molecular weight is 273 g/mol. The quantitative estimate of drug-likeness (QED) is 0.553. The second kappa shape index (κ2) is 12.4. The molecular formula is C14H31N3O2. The Balaban J connectivity index is 3.58. The Morgan fingerprint density at radius 3 is 2.68 bits per heavy atom. The molecular weight excluding hydrogens is 242 g/mol. The summed E-state index contributed by atoms with van der Waals surface area (Å²) in [6.07, 6.45) is 3.67. The standard InChI is InChI=1S/C14H31N3O2/c1-4-13(7-8-15)5-6-14(18)16-9-10-17(2)11-12-19-3/h13H,4-12,15H2,1-3H3,(H,16,18). The van der Waals surface area contributed by atoms with Crippen LogP contribution < -0.4 is 11.1 Å².